The van der Waals surface area contributed by atoms with Crippen LogP contribution in [0.5, 0.6) is 0 Å². The van der Waals surface area contributed by atoms with Crippen molar-refractivity contribution in [1.29, 1.82) is 0 Å². The number of halogens is 2. The van der Waals surface area contributed by atoms with Crippen molar-refractivity contribution in [1.82, 2.24) is 9.55 Å². The molecule has 0 amide bonds. The van der Waals surface area contributed by atoms with E-state index in [1.54, 1.807) is 0 Å². The lowest BCUT2D eigenvalue weighted by Gasteiger charge is -2.11. The largest absolute Gasteiger partial charge is 0.330 e. The van der Waals surface area contributed by atoms with Crippen molar-refractivity contribution >= 4 is 0 Å². The van der Waals surface area contributed by atoms with Gasteiger partial charge in [0, 0.05) is 19.2 Å². The van der Waals surface area contributed by atoms with Gasteiger partial charge in [0.25, 0.3) is 5.56 Å². The van der Waals surface area contributed by atoms with E-state index in [9.17, 15) is 13.6 Å². The van der Waals surface area contributed by atoms with Crippen LogP contribution in [0.4, 0.5) is 8.78 Å². The normalized spacial score (nSPS) is 11.5. The molecule has 0 fully saturated rings. The Kier molecular flexibility index (Phi) is 1.72. The Bertz CT molecular complexity index is 302. The molecule has 0 aliphatic heterocycles. The predicted molar refractivity (Wildman–Crippen MR) is 34.4 cm³/mol. The van der Waals surface area contributed by atoms with Gasteiger partial charge in [-0.05, 0) is 0 Å². The maximum atomic E-state index is 12.4. The molecule has 0 aliphatic carbocycles. The highest BCUT2D eigenvalue weighted by atomic mass is 19.3. The first-order valence-electron chi connectivity index (χ1n) is 2.93. The summed E-state index contributed by atoms with van der Waals surface area (Å²) in [6.45, 7) is 0.635. The molecule has 0 bridgehead atoms. The van der Waals surface area contributed by atoms with Gasteiger partial charge >= 0.3 is 6.05 Å². The van der Waals surface area contributed by atoms with Crippen LogP contribution in [0.15, 0.2) is 23.4 Å². The molecule has 0 radical (unpaired) electrons. The van der Waals surface area contributed by atoms with E-state index >= 15 is 0 Å². The van der Waals surface area contributed by atoms with E-state index in [1.807, 2.05) is 0 Å². The molecular weight excluding hydrogens is 154 g/mol. The molecule has 0 aromatic carbocycles. The first-order valence-corrected chi connectivity index (χ1v) is 2.93. The predicted octanol–water partition coefficient (Wildman–Crippen LogP) is 0.812. The van der Waals surface area contributed by atoms with Gasteiger partial charge in [-0.2, -0.15) is 8.78 Å². The van der Waals surface area contributed by atoms with Gasteiger partial charge in [0.2, 0.25) is 0 Å². The SMILES string of the molecule is CC(F)(F)n1cnccc1=O. The number of hydrogen-bond donors (Lipinski definition) is 0. The fourth-order valence-corrected chi connectivity index (χ4v) is 0.644. The van der Waals surface area contributed by atoms with Crippen molar-refractivity contribution in [2.24, 2.45) is 0 Å². The van der Waals surface area contributed by atoms with Crippen molar-refractivity contribution < 1.29 is 8.78 Å². The highest BCUT2D eigenvalue weighted by Gasteiger charge is 2.24. The highest BCUT2D eigenvalue weighted by molar-refractivity contribution is 4.84. The summed E-state index contributed by atoms with van der Waals surface area (Å²) in [4.78, 5) is 14.1. The van der Waals surface area contributed by atoms with E-state index in [4.69, 9.17) is 0 Å². The molecule has 0 aliphatic rings. The van der Waals surface area contributed by atoms with Crippen LogP contribution in [0.3, 0.4) is 0 Å². The van der Waals surface area contributed by atoms with Gasteiger partial charge in [-0.1, -0.05) is 0 Å². The summed E-state index contributed by atoms with van der Waals surface area (Å²) in [5, 5.41) is 0. The lowest BCUT2D eigenvalue weighted by molar-refractivity contribution is -0.0650. The molecule has 3 nitrogen and oxygen atoms in total. The summed E-state index contributed by atoms with van der Waals surface area (Å²) in [7, 11) is 0. The molecule has 0 atom stereocenters. The van der Waals surface area contributed by atoms with E-state index in [2.05, 4.69) is 4.98 Å². The van der Waals surface area contributed by atoms with Gasteiger partial charge in [-0.3, -0.25) is 4.79 Å². The molecule has 5 heteroatoms. The molecule has 0 spiro atoms. The van der Waals surface area contributed by atoms with Crippen LogP contribution in [0.25, 0.3) is 0 Å². The zero-order valence-electron chi connectivity index (χ0n) is 5.79. The van der Waals surface area contributed by atoms with Crippen LogP contribution in [0.1, 0.15) is 6.92 Å². The van der Waals surface area contributed by atoms with Crippen LogP contribution in [0, 0.1) is 0 Å². The average Bonchev–Trinajstić information content (AvgIpc) is 1.86. The average molecular weight is 160 g/mol. The van der Waals surface area contributed by atoms with Crippen molar-refractivity contribution in [3.05, 3.63) is 28.9 Å². The fourth-order valence-electron chi connectivity index (χ4n) is 0.644. The van der Waals surface area contributed by atoms with Crippen LogP contribution in [-0.2, 0) is 6.05 Å². The Labute approximate surface area is 61.3 Å². The molecule has 0 unspecified atom stereocenters. The molecule has 1 rings (SSSR count). The molecule has 11 heavy (non-hydrogen) atoms. The number of alkyl halides is 2. The summed E-state index contributed by atoms with van der Waals surface area (Å²) in [5.74, 6) is 0. The summed E-state index contributed by atoms with van der Waals surface area (Å²) >= 11 is 0. The molecule has 0 saturated carbocycles. The van der Waals surface area contributed by atoms with E-state index in [1.165, 1.54) is 6.20 Å². The van der Waals surface area contributed by atoms with Crippen LogP contribution >= 0.6 is 0 Å². The number of aromatic nitrogens is 2. The third-order valence-corrected chi connectivity index (χ3v) is 1.15. The first kappa shape index (κ1) is 7.84. The minimum Gasteiger partial charge on any atom is -0.269 e. The lowest BCUT2D eigenvalue weighted by atomic mass is 10.5. The Morgan fingerprint density at radius 1 is 1.64 bits per heavy atom. The molecule has 60 valence electrons. The first-order chi connectivity index (χ1) is 5.02. The third-order valence-electron chi connectivity index (χ3n) is 1.15. The number of rotatable bonds is 1. The summed E-state index contributed by atoms with van der Waals surface area (Å²) in [6.07, 6.45) is 1.98. The summed E-state index contributed by atoms with van der Waals surface area (Å²) in [6, 6.07) is -2.19. The van der Waals surface area contributed by atoms with Gasteiger partial charge in [-0.15, -0.1) is 0 Å². The van der Waals surface area contributed by atoms with E-state index in [-0.39, 0.29) is 4.57 Å². The topological polar surface area (TPSA) is 34.9 Å². The van der Waals surface area contributed by atoms with Crippen molar-refractivity contribution in [2.45, 2.75) is 13.0 Å². The second-order valence-electron chi connectivity index (χ2n) is 2.13. The second kappa shape index (κ2) is 2.41. The lowest BCUT2D eigenvalue weighted by Crippen LogP contribution is -2.30. The molecule has 1 aromatic heterocycles. The Balaban J connectivity index is 3.26. The van der Waals surface area contributed by atoms with Crippen molar-refractivity contribution in [2.75, 3.05) is 0 Å². The van der Waals surface area contributed by atoms with Gasteiger partial charge in [0.05, 0.1) is 0 Å². The fraction of sp³-hybridized carbons (Fsp3) is 0.333. The van der Waals surface area contributed by atoms with Crippen LogP contribution in [-0.4, -0.2) is 9.55 Å². The zero-order valence-corrected chi connectivity index (χ0v) is 5.79. The second-order valence-corrected chi connectivity index (χ2v) is 2.13. The molecule has 1 heterocycles. The molecule has 0 saturated heterocycles. The van der Waals surface area contributed by atoms with Crippen LogP contribution < -0.4 is 5.56 Å². The Morgan fingerprint density at radius 2 is 2.27 bits per heavy atom. The van der Waals surface area contributed by atoms with Gasteiger partial charge in [-0.25, -0.2) is 9.55 Å². The van der Waals surface area contributed by atoms with Gasteiger partial charge in [0.1, 0.15) is 6.33 Å². The molecular formula is C6H6F2N2O. The third kappa shape index (κ3) is 1.60. The number of hydrogen-bond acceptors (Lipinski definition) is 2. The maximum Gasteiger partial charge on any atom is 0.330 e. The van der Waals surface area contributed by atoms with E-state index in [0.29, 0.717) is 6.92 Å². The Hall–Kier alpha value is -1.26. The van der Waals surface area contributed by atoms with Gasteiger partial charge < -0.3 is 0 Å². The molecule has 0 N–H and O–H groups in total. The quantitative estimate of drug-likeness (QED) is 0.609. The van der Waals surface area contributed by atoms with E-state index < -0.39 is 11.6 Å². The van der Waals surface area contributed by atoms with Gasteiger partial charge in [0.15, 0.2) is 0 Å². The van der Waals surface area contributed by atoms with Crippen molar-refractivity contribution in [3.8, 4) is 0 Å². The molecule has 1 aromatic rings. The minimum absolute atomic E-state index is 0.271. The minimum atomic E-state index is -3.18. The summed E-state index contributed by atoms with van der Waals surface area (Å²) < 4.78 is 25.1. The Morgan fingerprint density at radius 3 is 2.64 bits per heavy atom. The zero-order chi connectivity index (χ0) is 8.48. The smallest absolute Gasteiger partial charge is 0.269 e. The number of nitrogens with zero attached hydrogens (tertiary/aromatic N) is 2. The van der Waals surface area contributed by atoms with Crippen molar-refractivity contribution in [3.63, 3.8) is 0 Å². The monoisotopic (exact) mass is 160 g/mol. The van der Waals surface area contributed by atoms with Crippen LogP contribution in [0.2, 0.25) is 0 Å². The highest BCUT2D eigenvalue weighted by Crippen LogP contribution is 2.14. The standard InChI is InChI=1S/C6H6F2N2O/c1-6(7,8)10-4-9-3-2-5(10)11/h2-4H,1H3. The maximum absolute atomic E-state index is 12.4. The van der Waals surface area contributed by atoms with E-state index in [0.717, 1.165) is 12.4 Å². The summed E-state index contributed by atoms with van der Waals surface area (Å²) in [5.41, 5.74) is -0.757.